The molecule has 1 amide bonds. The Kier molecular flexibility index (Phi) is 3.97. The number of fused-ring (bicyclic) bond motifs is 2. The number of hydrogen-bond acceptors (Lipinski definition) is 6. The van der Waals surface area contributed by atoms with Gasteiger partial charge in [-0.15, -0.1) is 0 Å². The standard InChI is InChI=1S/C18H15NO6S2/c20-17-13-3-1-2-4-15(13)27(24,25)16-9-11(5-6-14(16)17)18(21)19-12-7-8-26(22,23)10-12/h1-6,9,12H,7-8,10H2,(H,19,21)/t12-/m1/s1. The van der Waals surface area contributed by atoms with Crippen molar-refractivity contribution in [2.75, 3.05) is 11.5 Å². The minimum atomic E-state index is -3.93. The lowest BCUT2D eigenvalue weighted by Gasteiger charge is -2.19. The summed E-state index contributed by atoms with van der Waals surface area (Å²) in [5, 5.41) is 2.62. The van der Waals surface area contributed by atoms with E-state index >= 15 is 0 Å². The van der Waals surface area contributed by atoms with E-state index in [1.54, 1.807) is 6.07 Å². The SMILES string of the molecule is O=C(N[C@@H]1CCS(=O)(=O)C1)c1ccc2c(c1)S(=O)(=O)c1ccccc1C2=O. The van der Waals surface area contributed by atoms with Crippen LogP contribution in [0.3, 0.4) is 0 Å². The van der Waals surface area contributed by atoms with E-state index < -0.39 is 37.4 Å². The molecule has 2 heterocycles. The molecule has 2 aliphatic heterocycles. The quantitative estimate of drug-likeness (QED) is 0.680. The molecule has 2 aliphatic rings. The van der Waals surface area contributed by atoms with E-state index in [4.69, 9.17) is 0 Å². The van der Waals surface area contributed by atoms with Gasteiger partial charge in [-0.05, 0) is 36.8 Å². The number of amides is 1. The van der Waals surface area contributed by atoms with Crippen LogP contribution in [0.2, 0.25) is 0 Å². The molecule has 27 heavy (non-hydrogen) atoms. The number of ketones is 1. The molecule has 0 radical (unpaired) electrons. The van der Waals surface area contributed by atoms with E-state index in [1.165, 1.54) is 36.4 Å². The Morgan fingerprint density at radius 2 is 1.67 bits per heavy atom. The molecule has 2 aromatic carbocycles. The summed E-state index contributed by atoms with van der Waals surface area (Å²) < 4.78 is 48.8. The minimum Gasteiger partial charge on any atom is -0.348 e. The predicted octanol–water partition coefficient (Wildman–Crippen LogP) is 0.981. The molecule has 1 saturated heterocycles. The smallest absolute Gasteiger partial charge is 0.251 e. The third-order valence-electron chi connectivity index (χ3n) is 4.77. The summed E-state index contributed by atoms with van der Waals surface area (Å²) in [6.07, 6.45) is 0.323. The number of sulfone groups is 2. The molecule has 4 rings (SSSR count). The number of rotatable bonds is 2. The van der Waals surface area contributed by atoms with E-state index in [0.29, 0.717) is 6.42 Å². The van der Waals surface area contributed by atoms with Gasteiger partial charge in [0, 0.05) is 22.7 Å². The monoisotopic (exact) mass is 405 g/mol. The molecule has 1 N–H and O–H groups in total. The van der Waals surface area contributed by atoms with Crippen molar-refractivity contribution in [3.8, 4) is 0 Å². The van der Waals surface area contributed by atoms with Gasteiger partial charge in [0.2, 0.25) is 9.84 Å². The van der Waals surface area contributed by atoms with Gasteiger partial charge in [0.25, 0.3) is 5.91 Å². The number of carbonyl (C=O) groups excluding carboxylic acids is 2. The van der Waals surface area contributed by atoms with Crippen LogP contribution < -0.4 is 5.32 Å². The summed E-state index contributed by atoms with van der Waals surface area (Å²) in [5.74, 6) is -1.10. The lowest BCUT2D eigenvalue weighted by molar-refractivity contribution is 0.0939. The van der Waals surface area contributed by atoms with Gasteiger partial charge < -0.3 is 5.32 Å². The summed E-state index contributed by atoms with van der Waals surface area (Å²) in [5.41, 5.74) is 0.195. The lowest BCUT2D eigenvalue weighted by Crippen LogP contribution is -2.35. The molecule has 9 heteroatoms. The second-order valence-corrected chi connectivity index (χ2v) is 10.7. The van der Waals surface area contributed by atoms with Crippen LogP contribution in [0, 0.1) is 0 Å². The largest absolute Gasteiger partial charge is 0.348 e. The van der Waals surface area contributed by atoms with Crippen molar-refractivity contribution >= 4 is 31.4 Å². The van der Waals surface area contributed by atoms with Gasteiger partial charge in [-0.2, -0.15) is 0 Å². The normalized spacial score (nSPS) is 21.9. The Labute approximate surface area is 156 Å². The number of hydrogen-bond donors (Lipinski definition) is 1. The fourth-order valence-corrected chi connectivity index (χ4v) is 6.75. The summed E-state index contributed by atoms with van der Waals surface area (Å²) in [7, 11) is -7.09. The predicted molar refractivity (Wildman–Crippen MR) is 96.3 cm³/mol. The van der Waals surface area contributed by atoms with Crippen LogP contribution in [-0.4, -0.2) is 46.1 Å². The first-order valence-electron chi connectivity index (χ1n) is 8.23. The van der Waals surface area contributed by atoms with Gasteiger partial charge in [0.1, 0.15) is 0 Å². The van der Waals surface area contributed by atoms with Gasteiger partial charge in [-0.3, -0.25) is 9.59 Å². The third kappa shape index (κ3) is 2.96. The molecule has 0 bridgehead atoms. The van der Waals surface area contributed by atoms with Crippen LogP contribution in [0.25, 0.3) is 0 Å². The molecule has 0 unspecified atom stereocenters. The van der Waals surface area contributed by atoms with Gasteiger partial charge in [-0.25, -0.2) is 16.8 Å². The summed E-state index contributed by atoms with van der Waals surface area (Å²) in [4.78, 5) is 24.8. The Balaban J connectivity index is 1.71. The molecular weight excluding hydrogens is 390 g/mol. The maximum Gasteiger partial charge on any atom is 0.251 e. The third-order valence-corrected chi connectivity index (χ3v) is 8.39. The Hall–Kier alpha value is -2.52. The zero-order chi connectivity index (χ0) is 19.4. The van der Waals surface area contributed by atoms with Gasteiger partial charge >= 0.3 is 0 Å². The lowest BCUT2D eigenvalue weighted by atomic mass is 10.0. The van der Waals surface area contributed by atoms with Gasteiger partial charge in [0.05, 0.1) is 21.3 Å². The first kappa shape index (κ1) is 17.9. The summed E-state index contributed by atoms with van der Waals surface area (Å²) >= 11 is 0. The Bertz CT molecular complexity index is 1200. The molecule has 2 aromatic rings. The molecule has 1 fully saturated rings. The highest BCUT2D eigenvalue weighted by Crippen LogP contribution is 2.34. The Morgan fingerprint density at radius 1 is 0.963 bits per heavy atom. The van der Waals surface area contributed by atoms with Crippen molar-refractivity contribution in [2.45, 2.75) is 22.3 Å². The van der Waals surface area contributed by atoms with Crippen molar-refractivity contribution in [3.05, 3.63) is 59.2 Å². The maximum absolute atomic E-state index is 12.9. The maximum atomic E-state index is 12.9. The van der Waals surface area contributed by atoms with Crippen LogP contribution in [0.5, 0.6) is 0 Å². The number of benzene rings is 2. The molecule has 140 valence electrons. The second kappa shape index (κ2) is 6.00. The summed E-state index contributed by atoms with van der Waals surface area (Å²) in [6.45, 7) is 0. The van der Waals surface area contributed by atoms with E-state index in [1.807, 2.05) is 0 Å². The van der Waals surface area contributed by atoms with Crippen LogP contribution in [0.15, 0.2) is 52.3 Å². The fraction of sp³-hybridized carbons (Fsp3) is 0.222. The van der Waals surface area contributed by atoms with Crippen LogP contribution >= 0.6 is 0 Å². The number of carbonyl (C=O) groups is 2. The van der Waals surface area contributed by atoms with Gasteiger partial charge in [-0.1, -0.05) is 12.1 Å². The first-order valence-corrected chi connectivity index (χ1v) is 11.5. The number of nitrogens with one attached hydrogen (secondary N) is 1. The summed E-state index contributed by atoms with van der Waals surface area (Å²) in [6, 6.07) is 9.32. The Morgan fingerprint density at radius 3 is 2.37 bits per heavy atom. The van der Waals surface area contributed by atoms with E-state index in [0.717, 1.165) is 0 Å². The average Bonchev–Trinajstić information content (AvgIpc) is 2.98. The molecule has 0 aromatic heterocycles. The fourth-order valence-electron chi connectivity index (χ4n) is 3.40. The molecule has 7 nitrogen and oxygen atoms in total. The molecule has 1 atom stereocenters. The molecule has 0 saturated carbocycles. The van der Waals surface area contributed by atoms with Crippen LogP contribution in [0.4, 0.5) is 0 Å². The topological polar surface area (TPSA) is 114 Å². The highest BCUT2D eigenvalue weighted by atomic mass is 32.2. The van der Waals surface area contributed by atoms with Crippen molar-refractivity contribution < 1.29 is 26.4 Å². The zero-order valence-corrected chi connectivity index (χ0v) is 15.6. The zero-order valence-electron chi connectivity index (χ0n) is 14.0. The molecule has 0 spiro atoms. The second-order valence-electron chi connectivity index (χ2n) is 6.61. The van der Waals surface area contributed by atoms with Crippen LogP contribution in [-0.2, 0) is 19.7 Å². The highest BCUT2D eigenvalue weighted by Gasteiger charge is 2.35. The first-order chi connectivity index (χ1) is 12.7. The van der Waals surface area contributed by atoms with Crippen molar-refractivity contribution in [3.63, 3.8) is 0 Å². The van der Waals surface area contributed by atoms with Gasteiger partial charge in [0.15, 0.2) is 15.6 Å². The van der Waals surface area contributed by atoms with Crippen molar-refractivity contribution in [2.24, 2.45) is 0 Å². The molecular formula is C18H15NO6S2. The average molecular weight is 405 g/mol. The van der Waals surface area contributed by atoms with Crippen LogP contribution in [0.1, 0.15) is 32.7 Å². The highest BCUT2D eigenvalue weighted by molar-refractivity contribution is 7.92. The van der Waals surface area contributed by atoms with Crippen molar-refractivity contribution in [1.29, 1.82) is 0 Å². The molecule has 0 aliphatic carbocycles. The van der Waals surface area contributed by atoms with E-state index in [-0.39, 0.29) is 38.0 Å². The van der Waals surface area contributed by atoms with Crippen molar-refractivity contribution in [1.82, 2.24) is 5.32 Å². The minimum absolute atomic E-state index is 0.0157. The van der Waals surface area contributed by atoms with E-state index in [2.05, 4.69) is 5.32 Å². The van der Waals surface area contributed by atoms with E-state index in [9.17, 15) is 26.4 Å².